The van der Waals surface area contributed by atoms with E-state index in [1.54, 1.807) is 13.2 Å². The number of anilines is 1. The second kappa shape index (κ2) is 5.66. The second-order valence-corrected chi connectivity index (χ2v) is 4.86. The number of carbonyl (C=O) groups is 1. The van der Waals surface area contributed by atoms with Crippen molar-refractivity contribution in [1.29, 1.82) is 0 Å². The van der Waals surface area contributed by atoms with Crippen LogP contribution in [0.4, 0.5) is 10.5 Å². The molecule has 1 rings (SSSR count). The minimum absolute atomic E-state index is 0.0433. The molecule has 0 saturated heterocycles. The first-order chi connectivity index (χ1) is 7.11. The molecule has 0 aromatic heterocycles. The van der Waals surface area contributed by atoms with Gasteiger partial charge in [0.15, 0.2) is 0 Å². The van der Waals surface area contributed by atoms with Gasteiger partial charge in [-0.1, -0.05) is 31.7 Å². The Bertz CT molecular complexity index is 339. The van der Waals surface area contributed by atoms with Crippen molar-refractivity contribution in [1.82, 2.24) is 0 Å². The maximum Gasteiger partial charge on any atom is 0.283 e. The Kier molecular flexibility index (Phi) is 4.49. The van der Waals surface area contributed by atoms with Crippen molar-refractivity contribution < 1.29 is 9.53 Å². The van der Waals surface area contributed by atoms with Gasteiger partial charge in [0.05, 0.1) is 7.11 Å². The van der Waals surface area contributed by atoms with E-state index in [4.69, 9.17) is 4.74 Å². The van der Waals surface area contributed by atoms with Gasteiger partial charge in [-0.2, -0.15) is 0 Å². The van der Waals surface area contributed by atoms with Gasteiger partial charge in [-0.25, -0.2) is 0 Å². The SMILES string of the molecule is COc1cccc(NC(=O)SC(C)C)c1. The van der Waals surface area contributed by atoms with Gasteiger partial charge in [0.2, 0.25) is 0 Å². The average molecular weight is 225 g/mol. The molecule has 0 aliphatic rings. The van der Waals surface area contributed by atoms with Crippen LogP contribution in [0.2, 0.25) is 0 Å². The Morgan fingerprint density at radius 3 is 2.80 bits per heavy atom. The fourth-order valence-electron chi connectivity index (χ4n) is 1.06. The Balaban J connectivity index is 2.60. The van der Waals surface area contributed by atoms with E-state index in [0.717, 1.165) is 11.4 Å². The number of hydrogen-bond donors (Lipinski definition) is 1. The molecular weight excluding hydrogens is 210 g/mol. The Morgan fingerprint density at radius 2 is 2.20 bits per heavy atom. The number of hydrogen-bond acceptors (Lipinski definition) is 3. The molecule has 0 aliphatic heterocycles. The molecular formula is C11H15NO2S. The van der Waals surface area contributed by atoms with Gasteiger partial charge in [-0.05, 0) is 12.1 Å². The Hall–Kier alpha value is -1.16. The Labute approximate surface area is 94.2 Å². The molecule has 82 valence electrons. The molecule has 3 nitrogen and oxygen atoms in total. The van der Waals surface area contributed by atoms with Crippen LogP contribution in [0, 0.1) is 0 Å². The molecule has 1 aromatic rings. The summed E-state index contributed by atoms with van der Waals surface area (Å²) in [6.45, 7) is 3.96. The lowest BCUT2D eigenvalue weighted by Gasteiger charge is -2.07. The summed E-state index contributed by atoms with van der Waals surface area (Å²) in [6.07, 6.45) is 0. The summed E-state index contributed by atoms with van der Waals surface area (Å²) in [5.41, 5.74) is 0.757. The summed E-state index contributed by atoms with van der Waals surface area (Å²) in [4.78, 5) is 11.4. The molecule has 0 heterocycles. The van der Waals surface area contributed by atoms with Crippen molar-refractivity contribution in [3.8, 4) is 5.75 Å². The van der Waals surface area contributed by atoms with E-state index in [1.807, 2.05) is 32.0 Å². The molecule has 0 saturated carbocycles. The maximum absolute atomic E-state index is 11.4. The first kappa shape index (κ1) is 11.9. The summed E-state index contributed by atoms with van der Waals surface area (Å²) in [5.74, 6) is 0.738. The van der Waals surface area contributed by atoms with Crippen LogP contribution in [0.25, 0.3) is 0 Å². The molecule has 1 aromatic carbocycles. The smallest absolute Gasteiger partial charge is 0.283 e. The Morgan fingerprint density at radius 1 is 1.47 bits per heavy atom. The third-order valence-electron chi connectivity index (χ3n) is 1.66. The number of ether oxygens (including phenoxy) is 1. The minimum Gasteiger partial charge on any atom is -0.497 e. The van der Waals surface area contributed by atoms with Crippen LogP contribution in [-0.2, 0) is 0 Å². The molecule has 0 bridgehead atoms. The van der Waals surface area contributed by atoms with Crippen LogP contribution in [0.15, 0.2) is 24.3 Å². The maximum atomic E-state index is 11.4. The fraction of sp³-hybridized carbons (Fsp3) is 0.364. The molecule has 0 spiro atoms. The lowest BCUT2D eigenvalue weighted by Crippen LogP contribution is -2.07. The average Bonchev–Trinajstić information content (AvgIpc) is 2.16. The molecule has 0 radical (unpaired) electrons. The van der Waals surface area contributed by atoms with E-state index in [0.29, 0.717) is 0 Å². The van der Waals surface area contributed by atoms with Crippen molar-refractivity contribution in [3.63, 3.8) is 0 Å². The van der Waals surface area contributed by atoms with E-state index in [1.165, 1.54) is 11.8 Å². The van der Waals surface area contributed by atoms with Crippen LogP contribution >= 0.6 is 11.8 Å². The van der Waals surface area contributed by atoms with Gasteiger partial charge in [0, 0.05) is 17.0 Å². The number of amides is 1. The fourth-order valence-corrected chi connectivity index (χ4v) is 1.67. The summed E-state index contributed by atoms with van der Waals surface area (Å²) >= 11 is 1.27. The zero-order valence-corrected chi connectivity index (χ0v) is 9.93. The van der Waals surface area contributed by atoms with Gasteiger partial charge in [0.1, 0.15) is 5.75 Å². The first-order valence-corrected chi connectivity index (χ1v) is 5.61. The van der Waals surface area contributed by atoms with Crippen molar-refractivity contribution in [2.75, 3.05) is 12.4 Å². The zero-order chi connectivity index (χ0) is 11.3. The van der Waals surface area contributed by atoms with Crippen molar-refractivity contribution in [2.24, 2.45) is 0 Å². The minimum atomic E-state index is -0.0433. The highest BCUT2D eigenvalue weighted by Gasteiger charge is 2.05. The number of carbonyl (C=O) groups excluding carboxylic acids is 1. The van der Waals surface area contributed by atoms with Gasteiger partial charge in [-0.3, -0.25) is 4.79 Å². The highest BCUT2D eigenvalue weighted by molar-refractivity contribution is 8.14. The lowest BCUT2D eigenvalue weighted by molar-refractivity contribution is 0.269. The topological polar surface area (TPSA) is 38.3 Å². The van der Waals surface area contributed by atoms with Gasteiger partial charge in [0.25, 0.3) is 5.24 Å². The van der Waals surface area contributed by atoms with E-state index >= 15 is 0 Å². The molecule has 0 aliphatic carbocycles. The highest BCUT2D eigenvalue weighted by atomic mass is 32.2. The standard InChI is InChI=1S/C11H15NO2S/c1-8(2)15-11(13)12-9-5-4-6-10(7-9)14-3/h4-8H,1-3H3,(H,12,13). The van der Waals surface area contributed by atoms with Crippen molar-refractivity contribution in [3.05, 3.63) is 24.3 Å². The van der Waals surface area contributed by atoms with Crippen LogP contribution < -0.4 is 10.1 Å². The summed E-state index contributed by atoms with van der Waals surface area (Å²) in [7, 11) is 1.60. The number of methoxy groups -OCH3 is 1. The lowest BCUT2D eigenvalue weighted by atomic mass is 10.3. The third kappa shape index (κ3) is 4.25. The van der Waals surface area contributed by atoms with E-state index < -0.39 is 0 Å². The number of thioether (sulfide) groups is 1. The quantitative estimate of drug-likeness (QED) is 0.857. The van der Waals surface area contributed by atoms with Gasteiger partial charge >= 0.3 is 0 Å². The number of rotatable bonds is 3. The molecule has 0 unspecified atom stereocenters. The second-order valence-electron chi connectivity index (χ2n) is 3.31. The van der Waals surface area contributed by atoms with Crippen LogP contribution in [-0.4, -0.2) is 17.6 Å². The number of nitrogens with one attached hydrogen (secondary N) is 1. The molecule has 0 atom stereocenters. The first-order valence-electron chi connectivity index (χ1n) is 4.73. The summed E-state index contributed by atoms with van der Waals surface area (Å²) < 4.78 is 5.06. The van der Waals surface area contributed by atoms with E-state index in [2.05, 4.69) is 5.32 Å². The van der Waals surface area contributed by atoms with E-state index in [9.17, 15) is 4.79 Å². The molecule has 15 heavy (non-hydrogen) atoms. The monoisotopic (exact) mass is 225 g/mol. The summed E-state index contributed by atoms with van der Waals surface area (Å²) in [6, 6.07) is 7.31. The number of benzene rings is 1. The van der Waals surface area contributed by atoms with Crippen LogP contribution in [0.3, 0.4) is 0 Å². The highest BCUT2D eigenvalue weighted by Crippen LogP contribution is 2.19. The zero-order valence-electron chi connectivity index (χ0n) is 9.11. The van der Waals surface area contributed by atoms with Crippen molar-refractivity contribution in [2.45, 2.75) is 19.1 Å². The third-order valence-corrected chi connectivity index (χ3v) is 2.45. The van der Waals surface area contributed by atoms with Crippen molar-refractivity contribution >= 4 is 22.7 Å². The summed E-state index contributed by atoms with van der Waals surface area (Å²) in [5, 5.41) is 3.04. The van der Waals surface area contributed by atoms with Crippen LogP contribution in [0.1, 0.15) is 13.8 Å². The molecule has 0 fully saturated rings. The largest absolute Gasteiger partial charge is 0.497 e. The predicted octanol–water partition coefficient (Wildman–Crippen LogP) is 3.37. The van der Waals surface area contributed by atoms with Crippen LogP contribution in [0.5, 0.6) is 5.75 Å². The molecule has 4 heteroatoms. The molecule has 1 amide bonds. The van der Waals surface area contributed by atoms with Gasteiger partial charge < -0.3 is 10.1 Å². The normalized spacial score (nSPS) is 10.1. The molecule has 1 N–H and O–H groups in total. The van der Waals surface area contributed by atoms with E-state index in [-0.39, 0.29) is 10.5 Å². The van der Waals surface area contributed by atoms with Gasteiger partial charge in [-0.15, -0.1) is 0 Å². The predicted molar refractivity (Wildman–Crippen MR) is 64.7 cm³/mol.